The van der Waals surface area contributed by atoms with Crippen molar-refractivity contribution in [3.05, 3.63) is 10.6 Å². The minimum Gasteiger partial charge on any atom is -0.460 e. The van der Waals surface area contributed by atoms with E-state index in [0.29, 0.717) is 0 Å². The second-order valence-corrected chi connectivity index (χ2v) is 5.08. The molecular formula is C10H17BrO2. The van der Waals surface area contributed by atoms with Crippen LogP contribution >= 0.6 is 15.9 Å². The van der Waals surface area contributed by atoms with Gasteiger partial charge in [0.2, 0.25) is 0 Å². The number of carbonyl (C=O) groups excluding carboxylic acids is 1. The fourth-order valence-corrected chi connectivity index (χ4v) is 0.773. The molecule has 76 valence electrons. The van der Waals surface area contributed by atoms with Gasteiger partial charge in [0.25, 0.3) is 0 Å². The molecule has 0 spiro atoms. The third-order valence-electron chi connectivity index (χ3n) is 1.31. The summed E-state index contributed by atoms with van der Waals surface area (Å²) in [6.07, 6.45) is 1.42. The first kappa shape index (κ1) is 12.7. The number of rotatable bonds is 2. The van der Waals surface area contributed by atoms with Crippen molar-refractivity contribution in [2.45, 2.75) is 40.7 Å². The molecule has 0 aliphatic heterocycles. The van der Waals surface area contributed by atoms with Gasteiger partial charge >= 0.3 is 5.97 Å². The van der Waals surface area contributed by atoms with Crippen molar-refractivity contribution >= 4 is 21.9 Å². The lowest BCUT2D eigenvalue weighted by Gasteiger charge is -2.17. The Labute approximate surface area is 88.5 Å². The van der Waals surface area contributed by atoms with Gasteiger partial charge in [-0.25, -0.2) is 4.79 Å². The van der Waals surface area contributed by atoms with Gasteiger partial charge in [0, 0.05) is 10.6 Å². The van der Waals surface area contributed by atoms with Crippen LogP contribution in [0.1, 0.15) is 34.6 Å². The summed E-state index contributed by atoms with van der Waals surface area (Å²) in [7, 11) is 0. The number of halogens is 1. The van der Waals surface area contributed by atoms with Gasteiger partial charge in [0.05, 0.1) is 6.10 Å². The van der Waals surface area contributed by atoms with E-state index in [9.17, 15) is 4.79 Å². The Bertz CT molecular complexity index is 211. The van der Waals surface area contributed by atoms with Crippen LogP contribution in [0, 0.1) is 5.41 Å². The molecule has 0 aromatic heterocycles. The van der Waals surface area contributed by atoms with E-state index in [2.05, 4.69) is 15.9 Å². The van der Waals surface area contributed by atoms with Crippen LogP contribution in [-0.2, 0) is 9.53 Å². The molecule has 0 fully saturated rings. The molecular weight excluding hydrogens is 232 g/mol. The summed E-state index contributed by atoms with van der Waals surface area (Å²) in [6.45, 7) is 9.73. The van der Waals surface area contributed by atoms with E-state index in [-0.39, 0.29) is 17.5 Å². The van der Waals surface area contributed by atoms with E-state index < -0.39 is 0 Å². The lowest BCUT2D eigenvalue weighted by Crippen LogP contribution is -2.12. The van der Waals surface area contributed by atoms with Gasteiger partial charge in [-0.15, -0.1) is 0 Å². The molecule has 0 N–H and O–H groups in total. The van der Waals surface area contributed by atoms with Crippen LogP contribution in [-0.4, -0.2) is 12.1 Å². The molecule has 0 bridgehead atoms. The van der Waals surface area contributed by atoms with Crippen LogP contribution in [0.15, 0.2) is 10.6 Å². The third-order valence-corrected chi connectivity index (χ3v) is 2.73. The lowest BCUT2D eigenvalue weighted by molar-refractivity contribution is -0.141. The van der Waals surface area contributed by atoms with Crippen LogP contribution < -0.4 is 0 Å². The summed E-state index contributed by atoms with van der Waals surface area (Å²) in [6, 6.07) is 0. The molecule has 0 saturated carbocycles. The van der Waals surface area contributed by atoms with E-state index in [1.165, 1.54) is 6.08 Å². The van der Waals surface area contributed by atoms with Crippen LogP contribution in [0.3, 0.4) is 0 Å². The molecule has 0 aliphatic carbocycles. The van der Waals surface area contributed by atoms with Crippen molar-refractivity contribution in [2.24, 2.45) is 5.41 Å². The van der Waals surface area contributed by atoms with Crippen LogP contribution in [0.5, 0.6) is 0 Å². The molecule has 0 rings (SSSR count). The smallest absolute Gasteiger partial charge is 0.331 e. The highest BCUT2D eigenvalue weighted by Crippen LogP contribution is 2.29. The summed E-state index contributed by atoms with van der Waals surface area (Å²) in [5, 5.41) is 0. The van der Waals surface area contributed by atoms with Crippen molar-refractivity contribution < 1.29 is 9.53 Å². The maximum Gasteiger partial charge on any atom is 0.331 e. The molecule has 0 aromatic rings. The Kier molecular flexibility index (Phi) is 4.68. The minimum absolute atomic E-state index is 0.0456. The zero-order chi connectivity index (χ0) is 10.6. The summed E-state index contributed by atoms with van der Waals surface area (Å²) < 4.78 is 5.82. The normalized spacial score (nSPS) is 13.3. The number of carbonyl (C=O) groups is 1. The zero-order valence-corrected chi connectivity index (χ0v) is 10.4. The van der Waals surface area contributed by atoms with Gasteiger partial charge < -0.3 is 4.74 Å². The summed E-state index contributed by atoms with van der Waals surface area (Å²) >= 11 is 3.35. The molecule has 0 radical (unpaired) electrons. The minimum atomic E-state index is -0.295. The third kappa shape index (κ3) is 5.86. The topological polar surface area (TPSA) is 26.3 Å². The van der Waals surface area contributed by atoms with Gasteiger partial charge in [-0.2, -0.15) is 0 Å². The Balaban J connectivity index is 4.32. The van der Waals surface area contributed by atoms with Crippen molar-refractivity contribution in [3.8, 4) is 0 Å². The number of allylic oxidation sites excluding steroid dienone is 1. The molecule has 0 saturated heterocycles. The number of hydrogen-bond donors (Lipinski definition) is 0. The van der Waals surface area contributed by atoms with Crippen LogP contribution in [0.2, 0.25) is 0 Å². The highest BCUT2D eigenvalue weighted by molar-refractivity contribution is 9.11. The Morgan fingerprint density at radius 1 is 1.38 bits per heavy atom. The number of ether oxygens (including phenoxy) is 1. The van der Waals surface area contributed by atoms with Gasteiger partial charge in [0.15, 0.2) is 0 Å². The molecule has 0 aliphatic rings. The van der Waals surface area contributed by atoms with Crippen LogP contribution in [0.25, 0.3) is 0 Å². The summed E-state index contributed by atoms with van der Waals surface area (Å²) in [5.41, 5.74) is -0.0456. The van der Waals surface area contributed by atoms with E-state index in [0.717, 1.165) is 4.48 Å². The molecule has 0 aromatic carbocycles. The fourth-order valence-electron chi connectivity index (χ4n) is 0.586. The SMILES string of the molecule is CC(C)OC(=O)/C=C(\Br)C(C)(C)C. The molecule has 2 nitrogen and oxygen atoms in total. The lowest BCUT2D eigenvalue weighted by atomic mass is 9.96. The average molecular weight is 249 g/mol. The predicted octanol–water partition coefficient (Wildman–Crippen LogP) is 3.26. The van der Waals surface area contributed by atoms with Crippen molar-refractivity contribution in [2.75, 3.05) is 0 Å². The predicted molar refractivity (Wildman–Crippen MR) is 57.7 cm³/mol. The Hall–Kier alpha value is -0.310. The van der Waals surface area contributed by atoms with Crippen molar-refractivity contribution in [3.63, 3.8) is 0 Å². The second-order valence-electron chi connectivity index (χ2n) is 4.23. The zero-order valence-electron chi connectivity index (χ0n) is 8.85. The molecule has 0 amide bonds. The first-order valence-corrected chi connectivity index (χ1v) is 5.11. The maximum absolute atomic E-state index is 11.2. The second kappa shape index (κ2) is 4.80. The van der Waals surface area contributed by atoms with E-state index in [1.54, 1.807) is 0 Å². The van der Waals surface area contributed by atoms with E-state index in [1.807, 2.05) is 34.6 Å². The van der Waals surface area contributed by atoms with Gasteiger partial charge in [-0.05, 0) is 19.3 Å². The average Bonchev–Trinajstić information content (AvgIpc) is 1.82. The van der Waals surface area contributed by atoms with Gasteiger partial charge in [-0.3, -0.25) is 0 Å². The number of hydrogen-bond acceptors (Lipinski definition) is 2. The Morgan fingerprint density at radius 2 is 1.85 bits per heavy atom. The monoisotopic (exact) mass is 248 g/mol. The molecule has 3 heteroatoms. The largest absolute Gasteiger partial charge is 0.460 e. The summed E-state index contributed by atoms with van der Waals surface area (Å²) in [4.78, 5) is 11.2. The van der Waals surface area contributed by atoms with Gasteiger partial charge in [-0.1, -0.05) is 36.7 Å². The Morgan fingerprint density at radius 3 is 2.15 bits per heavy atom. The van der Waals surface area contributed by atoms with Crippen LogP contribution in [0.4, 0.5) is 0 Å². The van der Waals surface area contributed by atoms with E-state index in [4.69, 9.17) is 4.74 Å². The highest BCUT2D eigenvalue weighted by atomic mass is 79.9. The molecule has 0 unspecified atom stereocenters. The molecule has 0 atom stereocenters. The van der Waals surface area contributed by atoms with E-state index >= 15 is 0 Å². The van der Waals surface area contributed by atoms with Crippen molar-refractivity contribution in [1.82, 2.24) is 0 Å². The molecule has 13 heavy (non-hydrogen) atoms. The molecule has 0 heterocycles. The van der Waals surface area contributed by atoms with Gasteiger partial charge in [0.1, 0.15) is 0 Å². The highest BCUT2D eigenvalue weighted by Gasteiger charge is 2.16. The maximum atomic E-state index is 11.2. The first-order chi connectivity index (χ1) is 5.73. The fraction of sp³-hybridized carbons (Fsp3) is 0.700. The van der Waals surface area contributed by atoms with Crippen molar-refractivity contribution in [1.29, 1.82) is 0 Å². The standard InChI is InChI=1S/C10H17BrO2/c1-7(2)13-9(12)6-8(11)10(3,4)5/h6-7H,1-5H3/b8-6-. The number of esters is 1. The quantitative estimate of drug-likeness (QED) is 0.554. The summed E-state index contributed by atoms with van der Waals surface area (Å²) in [5.74, 6) is -0.295. The first-order valence-electron chi connectivity index (χ1n) is 4.31.